The maximum absolute atomic E-state index is 13.6. The summed E-state index contributed by atoms with van der Waals surface area (Å²) in [6.45, 7) is 4.03. The van der Waals surface area contributed by atoms with E-state index in [1.54, 1.807) is 97.9 Å². The zero-order valence-corrected chi connectivity index (χ0v) is 25.9. The molecule has 0 heterocycles. The van der Waals surface area contributed by atoms with Crippen LogP contribution in [0.25, 0.3) is 6.08 Å². The molecule has 4 rings (SSSR count). The first-order valence-electron chi connectivity index (χ1n) is 14.1. The second-order valence-corrected chi connectivity index (χ2v) is 11.0. The van der Waals surface area contributed by atoms with Crippen molar-refractivity contribution in [3.8, 4) is 5.75 Å². The molecule has 3 amide bonds. The molecule has 230 valence electrons. The summed E-state index contributed by atoms with van der Waals surface area (Å²) in [4.78, 5) is 52.4. The van der Waals surface area contributed by atoms with Gasteiger partial charge in [-0.15, -0.1) is 11.8 Å². The van der Waals surface area contributed by atoms with Gasteiger partial charge in [0.15, 0.2) is 0 Å². The van der Waals surface area contributed by atoms with Crippen LogP contribution in [0.4, 0.5) is 11.4 Å². The van der Waals surface area contributed by atoms with Crippen LogP contribution in [0.2, 0.25) is 0 Å². The number of thioether (sulfide) groups is 1. The highest BCUT2D eigenvalue weighted by molar-refractivity contribution is 8.00. The van der Waals surface area contributed by atoms with E-state index in [9.17, 15) is 19.2 Å². The van der Waals surface area contributed by atoms with E-state index in [2.05, 4.69) is 16.0 Å². The molecule has 0 radical (unpaired) electrons. The van der Waals surface area contributed by atoms with Crippen molar-refractivity contribution in [1.29, 1.82) is 0 Å². The summed E-state index contributed by atoms with van der Waals surface area (Å²) >= 11 is 1.28. The summed E-state index contributed by atoms with van der Waals surface area (Å²) in [5.41, 5.74) is 2.11. The van der Waals surface area contributed by atoms with Gasteiger partial charge in [-0.3, -0.25) is 14.4 Å². The average molecular weight is 624 g/mol. The zero-order chi connectivity index (χ0) is 32.2. The molecule has 0 aliphatic carbocycles. The van der Waals surface area contributed by atoms with E-state index in [1.807, 2.05) is 25.1 Å². The highest BCUT2D eigenvalue weighted by atomic mass is 32.2. The van der Waals surface area contributed by atoms with Crippen molar-refractivity contribution in [2.75, 3.05) is 24.4 Å². The molecule has 3 N–H and O–H groups in total. The minimum Gasteiger partial charge on any atom is -0.493 e. The van der Waals surface area contributed by atoms with Gasteiger partial charge < -0.3 is 25.4 Å². The summed E-state index contributed by atoms with van der Waals surface area (Å²) in [6.07, 6.45) is 1.57. The van der Waals surface area contributed by atoms with Crippen molar-refractivity contribution in [3.63, 3.8) is 0 Å². The third kappa shape index (κ3) is 9.07. The van der Waals surface area contributed by atoms with Crippen LogP contribution in [0.1, 0.15) is 40.1 Å². The van der Waals surface area contributed by atoms with Crippen LogP contribution >= 0.6 is 11.8 Å². The molecule has 0 saturated heterocycles. The number of hydrogen-bond donors (Lipinski definition) is 3. The van der Waals surface area contributed by atoms with Gasteiger partial charge in [0.2, 0.25) is 5.91 Å². The number of carbonyl (C=O) groups excluding carboxylic acids is 4. The van der Waals surface area contributed by atoms with E-state index in [0.29, 0.717) is 34.9 Å². The molecule has 0 spiro atoms. The number of anilines is 2. The Morgan fingerprint density at radius 2 is 1.56 bits per heavy atom. The van der Waals surface area contributed by atoms with Crippen molar-refractivity contribution in [1.82, 2.24) is 5.32 Å². The number of nitrogens with one attached hydrogen (secondary N) is 3. The van der Waals surface area contributed by atoms with Gasteiger partial charge in [0.05, 0.1) is 30.2 Å². The van der Waals surface area contributed by atoms with Gasteiger partial charge in [-0.1, -0.05) is 54.6 Å². The smallest absolute Gasteiger partial charge is 0.339 e. The Kier molecular flexibility index (Phi) is 11.5. The molecule has 45 heavy (non-hydrogen) atoms. The van der Waals surface area contributed by atoms with Gasteiger partial charge in [-0.25, -0.2) is 4.79 Å². The lowest BCUT2D eigenvalue weighted by Gasteiger charge is -2.15. The molecular weight excluding hydrogens is 590 g/mol. The average Bonchev–Trinajstić information content (AvgIpc) is 3.05. The summed E-state index contributed by atoms with van der Waals surface area (Å²) < 4.78 is 10.5. The topological polar surface area (TPSA) is 123 Å². The quantitative estimate of drug-likeness (QED) is 0.0948. The molecule has 0 aliphatic rings. The van der Waals surface area contributed by atoms with Crippen LogP contribution in [0.5, 0.6) is 5.75 Å². The number of esters is 1. The Balaban J connectivity index is 1.51. The molecule has 9 nitrogen and oxygen atoms in total. The lowest BCUT2D eigenvalue weighted by atomic mass is 10.1. The fraction of sp³-hybridized carbons (Fsp3) is 0.143. The Hall–Kier alpha value is -5.35. The van der Waals surface area contributed by atoms with Gasteiger partial charge in [0, 0.05) is 21.7 Å². The highest BCUT2D eigenvalue weighted by Gasteiger charge is 2.20. The highest BCUT2D eigenvalue weighted by Crippen LogP contribution is 2.28. The van der Waals surface area contributed by atoms with Crippen molar-refractivity contribution >= 4 is 52.9 Å². The number of methoxy groups -OCH3 is 1. The lowest BCUT2D eigenvalue weighted by molar-refractivity contribution is -0.115. The van der Waals surface area contributed by atoms with Crippen molar-refractivity contribution in [2.45, 2.75) is 24.0 Å². The van der Waals surface area contributed by atoms with Gasteiger partial charge in [-0.05, 0) is 68.5 Å². The molecule has 10 heteroatoms. The first kappa shape index (κ1) is 32.6. The standard InChI is InChI=1S/C35H33N3O6S/c1-4-44-31-20-11-8-15-25(31)21-30(38-33(40)24-13-6-5-7-14-24)34(41)36-26-16-12-17-27(22-26)45-23(2)32(39)37-29-19-10-9-18-28(29)35(42)43-3/h5-23H,4H2,1-3H3,(H,36,41)(H,37,39)(H,38,40)/b30-21+. The summed E-state index contributed by atoms with van der Waals surface area (Å²) in [6, 6.07) is 29.4. The van der Waals surface area contributed by atoms with Crippen LogP contribution in [0, 0.1) is 0 Å². The predicted octanol–water partition coefficient (Wildman–Crippen LogP) is 6.40. The predicted molar refractivity (Wildman–Crippen MR) is 176 cm³/mol. The van der Waals surface area contributed by atoms with Gasteiger partial charge in [-0.2, -0.15) is 0 Å². The van der Waals surface area contributed by atoms with Crippen LogP contribution in [-0.4, -0.2) is 42.7 Å². The normalized spacial score (nSPS) is 11.6. The van der Waals surface area contributed by atoms with Crippen LogP contribution in [-0.2, 0) is 14.3 Å². The maximum atomic E-state index is 13.6. The third-order valence-corrected chi connectivity index (χ3v) is 7.51. The molecule has 0 fully saturated rings. The van der Waals surface area contributed by atoms with Gasteiger partial charge in [0.25, 0.3) is 11.8 Å². The molecular formula is C35H33N3O6S. The monoisotopic (exact) mass is 623 g/mol. The molecule has 0 aliphatic heterocycles. The molecule has 0 saturated carbocycles. The zero-order valence-electron chi connectivity index (χ0n) is 25.0. The molecule has 4 aromatic rings. The van der Waals surface area contributed by atoms with Crippen LogP contribution in [0.3, 0.4) is 0 Å². The van der Waals surface area contributed by atoms with Crippen LogP contribution < -0.4 is 20.7 Å². The van der Waals surface area contributed by atoms with Crippen molar-refractivity contribution < 1.29 is 28.7 Å². The summed E-state index contributed by atoms with van der Waals surface area (Å²) in [7, 11) is 1.28. The number of carbonyl (C=O) groups is 4. The second-order valence-electron chi connectivity index (χ2n) is 9.62. The van der Waals surface area contributed by atoms with E-state index >= 15 is 0 Å². The molecule has 1 atom stereocenters. The second kappa shape index (κ2) is 15.9. The number of hydrogen-bond acceptors (Lipinski definition) is 7. The largest absolute Gasteiger partial charge is 0.493 e. The Morgan fingerprint density at radius 3 is 2.31 bits per heavy atom. The fourth-order valence-electron chi connectivity index (χ4n) is 4.20. The van der Waals surface area contributed by atoms with Crippen molar-refractivity contribution in [2.24, 2.45) is 0 Å². The van der Waals surface area contributed by atoms with Crippen LogP contribution in [0.15, 0.2) is 114 Å². The Morgan fingerprint density at radius 1 is 0.844 bits per heavy atom. The number of amides is 3. The van der Waals surface area contributed by atoms with Gasteiger partial charge in [0.1, 0.15) is 11.4 Å². The molecule has 0 bridgehead atoms. The lowest BCUT2D eigenvalue weighted by Crippen LogP contribution is -2.30. The van der Waals surface area contributed by atoms with E-state index < -0.39 is 23.0 Å². The van der Waals surface area contributed by atoms with E-state index in [1.165, 1.54) is 18.9 Å². The number of rotatable bonds is 12. The summed E-state index contributed by atoms with van der Waals surface area (Å²) in [5.74, 6) is -1.28. The van der Waals surface area contributed by atoms with E-state index in [-0.39, 0.29) is 17.2 Å². The summed E-state index contributed by atoms with van der Waals surface area (Å²) in [5, 5.41) is 7.83. The minimum atomic E-state index is -0.551. The van der Waals surface area contributed by atoms with E-state index in [4.69, 9.17) is 9.47 Å². The first-order chi connectivity index (χ1) is 21.8. The fourth-order valence-corrected chi connectivity index (χ4v) is 5.13. The Bertz CT molecular complexity index is 1710. The Labute approximate surface area is 266 Å². The molecule has 0 aromatic heterocycles. The SMILES string of the molecule is CCOc1ccccc1/C=C(/NC(=O)c1ccccc1)C(=O)Nc1cccc(SC(C)C(=O)Nc2ccccc2C(=O)OC)c1. The molecule has 1 unspecified atom stereocenters. The number of ether oxygens (including phenoxy) is 2. The number of benzene rings is 4. The third-order valence-electron chi connectivity index (χ3n) is 6.41. The maximum Gasteiger partial charge on any atom is 0.339 e. The minimum absolute atomic E-state index is 0.0195. The molecule has 4 aromatic carbocycles. The van der Waals surface area contributed by atoms with E-state index in [0.717, 1.165) is 4.90 Å². The van der Waals surface area contributed by atoms with Crippen molar-refractivity contribution in [3.05, 3.63) is 126 Å². The first-order valence-corrected chi connectivity index (χ1v) is 15.0. The number of para-hydroxylation sites is 2. The van der Waals surface area contributed by atoms with Gasteiger partial charge >= 0.3 is 5.97 Å².